The molecule has 0 spiro atoms. The van der Waals surface area contributed by atoms with Crippen molar-refractivity contribution in [3.8, 4) is 0 Å². The molecule has 0 aliphatic carbocycles. The Balaban J connectivity index is 1.62. The Kier molecular flexibility index (Phi) is 6.44. The Hall–Kier alpha value is -3.02. The number of benzene rings is 1. The quantitative estimate of drug-likeness (QED) is 0.696. The summed E-state index contributed by atoms with van der Waals surface area (Å²) in [7, 11) is 0. The van der Waals surface area contributed by atoms with Crippen molar-refractivity contribution in [1.29, 1.82) is 0 Å². The number of rotatable bonds is 5. The second kappa shape index (κ2) is 9.41. The number of imide groups is 1. The number of carbonyl (C=O) groups excluding carboxylic acids is 3. The lowest BCUT2D eigenvalue weighted by Crippen LogP contribution is -2.44. The third-order valence-electron chi connectivity index (χ3n) is 6.46. The van der Waals surface area contributed by atoms with Crippen LogP contribution >= 0.6 is 0 Å². The van der Waals surface area contributed by atoms with Gasteiger partial charge >= 0.3 is 0 Å². The van der Waals surface area contributed by atoms with Crippen LogP contribution in [0.1, 0.15) is 56.1 Å². The molecule has 0 saturated carbocycles. The van der Waals surface area contributed by atoms with Crippen molar-refractivity contribution < 1.29 is 14.4 Å². The molecule has 1 atom stereocenters. The van der Waals surface area contributed by atoms with Crippen molar-refractivity contribution in [3.05, 3.63) is 66.0 Å². The first-order valence-electron chi connectivity index (χ1n) is 11.2. The summed E-state index contributed by atoms with van der Waals surface area (Å²) in [6.45, 7) is 1.63. The maximum Gasteiger partial charge on any atom is 0.241 e. The summed E-state index contributed by atoms with van der Waals surface area (Å²) in [5.41, 5.74) is 0.394. The molecule has 0 unspecified atom stereocenters. The van der Waals surface area contributed by atoms with Gasteiger partial charge in [0.05, 0.1) is 12.0 Å². The summed E-state index contributed by atoms with van der Waals surface area (Å²) in [6.07, 6.45) is 8.83. The molecule has 2 fully saturated rings. The highest BCUT2D eigenvalue weighted by Gasteiger charge is 2.54. The summed E-state index contributed by atoms with van der Waals surface area (Å²) >= 11 is 0. The molecule has 3 amide bonds. The summed E-state index contributed by atoms with van der Waals surface area (Å²) < 4.78 is 0. The summed E-state index contributed by atoms with van der Waals surface area (Å²) in [5, 5.41) is 0. The fourth-order valence-corrected chi connectivity index (χ4v) is 4.72. The average Bonchev–Trinajstić information content (AvgIpc) is 3.00. The van der Waals surface area contributed by atoms with Gasteiger partial charge in [-0.15, -0.1) is 0 Å². The van der Waals surface area contributed by atoms with Crippen LogP contribution in [0.15, 0.2) is 54.9 Å². The largest absolute Gasteiger partial charge is 0.343 e. The Morgan fingerprint density at radius 1 is 0.935 bits per heavy atom. The SMILES string of the molecule is O=C(C[C@]1(c2ccccc2)CC(=O)N(Cc2cccnc2)C1=O)N1CCCCCCC1. The zero-order chi connectivity index (χ0) is 21.7. The zero-order valence-corrected chi connectivity index (χ0v) is 17.8. The van der Waals surface area contributed by atoms with E-state index in [0.717, 1.165) is 49.9 Å². The van der Waals surface area contributed by atoms with Crippen molar-refractivity contribution in [1.82, 2.24) is 14.8 Å². The predicted octanol–water partition coefficient (Wildman–Crippen LogP) is 3.46. The van der Waals surface area contributed by atoms with Gasteiger partial charge in [0, 0.05) is 38.3 Å². The lowest BCUT2D eigenvalue weighted by Gasteiger charge is -2.31. The molecule has 2 aliphatic heterocycles. The Labute approximate surface area is 183 Å². The van der Waals surface area contributed by atoms with Crippen LogP contribution in [0.25, 0.3) is 0 Å². The van der Waals surface area contributed by atoms with Gasteiger partial charge in [0.2, 0.25) is 17.7 Å². The monoisotopic (exact) mass is 419 g/mol. The molecular weight excluding hydrogens is 390 g/mol. The van der Waals surface area contributed by atoms with Gasteiger partial charge in [0.25, 0.3) is 0 Å². The third-order valence-corrected chi connectivity index (χ3v) is 6.46. The first-order chi connectivity index (χ1) is 15.1. The van der Waals surface area contributed by atoms with Crippen LogP contribution in [0.4, 0.5) is 0 Å². The van der Waals surface area contributed by atoms with Crippen molar-refractivity contribution in [2.45, 2.75) is 56.9 Å². The van der Waals surface area contributed by atoms with E-state index in [2.05, 4.69) is 4.98 Å². The Morgan fingerprint density at radius 3 is 2.32 bits per heavy atom. The van der Waals surface area contributed by atoms with E-state index in [-0.39, 0.29) is 37.1 Å². The molecule has 6 nitrogen and oxygen atoms in total. The number of carbonyl (C=O) groups is 3. The van der Waals surface area contributed by atoms with Crippen LogP contribution in [-0.4, -0.2) is 45.6 Å². The first kappa shape index (κ1) is 21.2. The minimum Gasteiger partial charge on any atom is -0.343 e. The smallest absolute Gasteiger partial charge is 0.241 e. The van der Waals surface area contributed by atoms with Gasteiger partial charge in [0.1, 0.15) is 0 Å². The van der Waals surface area contributed by atoms with Crippen LogP contribution in [0.2, 0.25) is 0 Å². The highest BCUT2D eigenvalue weighted by atomic mass is 16.2. The highest BCUT2D eigenvalue weighted by Crippen LogP contribution is 2.41. The molecule has 6 heteroatoms. The van der Waals surface area contributed by atoms with Gasteiger partial charge in [-0.2, -0.15) is 0 Å². The fraction of sp³-hybridized carbons (Fsp3) is 0.440. The molecular formula is C25H29N3O3. The molecule has 2 saturated heterocycles. The Morgan fingerprint density at radius 2 is 1.65 bits per heavy atom. The molecule has 1 aromatic heterocycles. The van der Waals surface area contributed by atoms with Crippen molar-refractivity contribution in [2.75, 3.05) is 13.1 Å². The minimum atomic E-state index is -1.14. The van der Waals surface area contributed by atoms with Crippen LogP contribution in [-0.2, 0) is 26.3 Å². The highest BCUT2D eigenvalue weighted by molar-refractivity contribution is 6.10. The standard InChI is InChI=1S/C25H29N3O3/c29-22(27-14-7-2-1-3-8-15-27)16-25(21-11-5-4-6-12-21)17-23(30)28(24(25)31)19-20-10-9-13-26-18-20/h4-6,9-13,18H,1-3,7-8,14-17,19H2/t25-/m1/s1. The zero-order valence-electron chi connectivity index (χ0n) is 17.8. The normalized spacial score (nSPS) is 22.3. The van der Waals surface area contributed by atoms with Crippen molar-refractivity contribution >= 4 is 17.7 Å². The first-order valence-corrected chi connectivity index (χ1v) is 11.2. The number of likely N-dealkylation sites (tertiary alicyclic amines) is 2. The number of pyridine rings is 1. The molecule has 0 bridgehead atoms. The maximum absolute atomic E-state index is 13.7. The van der Waals surface area contributed by atoms with Gasteiger partial charge < -0.3 is 4.90 Å². The molecule has 162 valence electrons. The predicted molar refractivity (Wildman–Crippen MR) is 117 cm³/mol. The summed E-state index contributed by atoms with van der Waals surface area (Å²) in [4.78, 5) is 47.3. The minimum absolute atomic E-state index is 0.0235. The van der Waals surface area contributed by atoms with Gasteiger partial charge in [0.15, 0.2) is 0 Å². The second-order valence-electron chi connectivity index (χ2n) is 8.60. The molecule has 31 heavy (non-hydrogen) atoms. The van der Waals surface area contributed by atoms with E-state index in [1.165, 1.54) is 11.3 Å². The van der Waals surface area contributed by atoms with E-state index in [9.17, 15) is 14.4 Å². The average molecular weight is 420 g/mol. The van der Waals surface area contributed by atoms with E-state index >= 15 is 0 Å². The number of nitrogens with zero attached hydrogens (tertiary/aromatic N) is 3. The van der Waals surface area contributed by atoms with Gasteiger partial charge in [-0.1, -0.05) is 55.7 Å². The van der Waals surface area contributed by atoms with Crippen molar-refractivity contribution in [2.24, 2.45) is 0 Å². The van der Waals surface area contributed by atoms with Crippen LogP contribution in [0.5, 0.6) is 0 Å². The van der Waals surface area contributed by atoms with E-state index in [1.807, 2.05) is 41.3 Å². The Bertz CT molecular complexity index is 924. The molecule has 4 rings (SSSR count). The topological polar surface area (TPSA) is 70.6 Å². The van der Waals surface area contributed by atoms with E-state index in [0.29, 0.717) is 0 Å². The third kappa shape index (κ3) is 4.53. The van der Waals surface area contributed by atoms with Gasteiger partial charge in [-0.25, -0.2) is 0 Å². The number of hydrogen-bond acceptors (Lipinski definition) is 4. The molecule has 0 radical (unpaired) electrons. The maximum atomic E-state index is 13.7. The summed E-state index contributed by atoms with van der Waals surface area (Å²) in [5.74, 6) is -0.554. The molecule has 2 aromatic rings. The van der Waals surface area contributed by atoms with Crippen LogP contribution in [0, 0.1) is 0 Å². The number of amides is 3. The number of hydrogen-bond donors (Lipinski definition) is 0. The van der Waals surface area contributed by atoms with Gasteiger partial charge in [-0.05, 0) is 30.0 Å². The molecule has 1 aromatic carbocycles. The second-order valence-corrected chi connectivity index (χ2v) is 8.60. The van der Waals surface area contributed by atoms with E-state index in [1.54, 1.807) is 18.5 Å². The molecule has 0 N–H and O–H groups in total. The number of aromatic nitrogens is 1. The molecule has 3 heterocycles. The van der Waals surface area contributed by atoms with Crippen molar-refractivity contribution in [3.63, 3.8) is 0 Å². The molecule has 2 aliphatic rings. The van der Waals surface area contributed by atoms with Crippen LogP contribution in [0.3, 0.4) is 0 Å². The van der Waals surface area contributed by atoms with E-state index < -0.39 is 5.41 Å². The van der Waals surface area contributed by atoms with E-state index in [4.69, 9.17) is 0 Å². The fourth-order valence-electron chi connectivity index (χ4n) is 4.72. The lowest BCUT2D eigenvalue weighted by molar-refractivity contribution is -0.143. The summed E-state index contributed by atoms with van der Waals surface area (Å²) in [6, 6.07) is 13.0. The lowest BCUT2D eigenvalue weighted by atomic mass is 9.75. The van der Waals surface area contributed by atoms with Gasteiger partial charge in [-0.3, -0.25) is 24.3 Å². The van der Waals surface area contributed by atoms with Crippen LogP contribution < -0.4 is 0 Å².